The maximum absolute atomic E-state index is 14.1. The number of carbonyl (C=O) groups is 1. The molecule has 3 aromatic carbocycles. The molecule has 3 aromatic rings. The highest BCUT2D eigenvalue weighted by Gasteiger charge is 2.23. The lowest BCUT2D eigenvalue weighted by atomic mass is 10.1. The Morgan fingerprint density at radius 1 is 0.971 bits per heavy atom. The standard InChI is InChI=1S/C27H27Cl2FN2O2/c1-18-14-22(15-19(2)26(18)29)34-17-20-6-8-21(9-7-20)27(33)32-12-10-31(11-13-32)16-23-24(28)4-3-5-25(23)30/h3-9,14-15H,10-13,16-17H2,1-2H3. The smallest absolute Gasteiger partial charge is 0.253 e. The molecule has 34 heavy (non-hydrogen) atoms. The topological polar surface area (TPSA) is 32.8 Å². The summed E-state index contributed by atoms with van der Waals surface area (Å²) < 4.78 is 20.0. The van der Waals surface area contributed by atoms with E-state index in [-0.39, 0.29) is 11.7 Å². The van der Waals surface area contributed by atoms with Crippen LogP contribution in [-0.4, -0.2) is 41.9 Å². The zero-order valence-corrected chi connectivity index (χ0v) is 20.8. The number of aryl methyl sites for hydroxylation is 2. The van der Waals surface area contributed by atoms with Crippen LogP contribution in [0.15, 0.2) is 54.6 Å². The van der Waals surface area contributed by atoms with Crippen LogP contribution in [0.2, 0.25) is 10.0 Å². The zero-order valence-electron chi connectivity index (χ0n) is 19.3. The van der Waals surface area contributed by atoms with Crippen LogP contribution < -0.4 is 4.74 Å². The van der Waals surface area contributed by atoms with E-state index >= 15 is 0 Å². The molecule has 0 aliphatic carbocycles. The van der Waals surface area contributed by atoms with Gasteiger partial charge in [0.25, 0.3) is 5.91 Å². The van der Waals surface area contributed by atoms with E-state index in [0.29, 0.717) is 55.5 Å². The summed E-state index contributed by atoms with van der Waals surface area (Å²) in [6.07, 6.45) is 0. The van der Waals surface area contributed by atoms with Crippen molar-refractivity contribution in [2.24, 2.45) is 0 Å². The predicted octanol–water partition coefficient (Wildman–Crippen LogP) is 6.29. The molecule has 0 N–H and O–H groups in total. The van der Waals surface area contributed by atoms with Gasteiger partial charge < -0.3 is 9.64 Å². The lowest BCUT2D eigenvalue weighted by Crippen LogP contribution is -2.48. The quantitative estimate of drug-likeness (QED) is 0.398. The maximum atomic E-state index is 14.1. The number of nitrogens with zero attached hydrogens (tertiary/aromatic N) is 2. The van der Waals surface area contributed by atoms with Crippen LogP contribution in [0.5, 0.6) is 5.75 Å². The molecule has 1 fully saturated rings. The van der Waals surface area contributed by atoms with Crippen molar-refractivity contribution >= 4 is 29.1 Å². The number of benzene rings is 3. The fourth-order valence-corrected chi connectivity index (χ4v) is 4.43. The first-order valence-corrected chi connectivity index (χ1v) is 12.0. The van der Waals surface area contributed by atoms with E-state index in [1.54, 1.807) is 12.1 Å². The molecule has 4 rings (SSSR count). The Labute approximate surface area is 209 Å². The summed E-state index contributed by atoms with van der Waals surface area (Å²) in [5, 5.41) is 1.19. The second-order valence-electron chi connectivity index (χ2n) is 8.63. The normalized spacial score (nSPS) is 14.3. The summed E-state index contributed by atoms with van der Waals surface area (Å²) in [5.41, 5.74) is 4.09. The van der Waals surface area contributed by atoms with Crippen molar-refractivity contribution in [1.29, 1.82) is 0 Å². The fourth-order valence-electron chi connectivity index (χ4n) is 4.10. The first-order valence-electron chi connectivity index (χ1n) is 11.2. The largest absolute Gasteiger partial charge is 0.489 e. The molecule has 1 heterocycles. The van der Waals surface area contributed by atoms with Gasteiger partial charge in [0.15, 0.2) is 0 Å². The van der Waals surface area contributed by atoms with Gasteiger partial charge in [0, 0.05) is 53.9 Å². The summed E-state index contributed by atoms with van der Waals surface area (Å²) in [4.78, 5) is 16.9. The molecule has 0 aromatic heterocycles. The Kier molecular flexibility index (Phi) is 7.77. The summed E-state index contributed by atoms with van der Waals surface area (Å²) in [6.45, 7) is 7.27. The van der Waals surface area contributed by atoms with E-state index in [1.165, 1.54) is 6.07 Å². The van der Waals surface area contributed by atoms with E-state index in [1.807, 2.05) is 55.1 Å². The fraction of sp³-hybridized carbons (Fsp3) is 0.296. The third kappa shape index (κ3) is 5.72. The number of ether oxygens (including phenoxy) is 1. The maximum Gasteiger partial charge on any atom is 0.253 e. The second-order valence-corrected chi connectivity index (χ2v) is 9.41. The van der Waals surface area contributed by atoms with Crippen molar-refractivity contribution in [3.8, 4) is 5.75 Å². The molecular weight excluding hydrogens is 474 g/mol. The van der Waals surface area contributed by atoms with E-state index in [4.69, 9.17) is 27.9 Å². The Balaban J connectivity index is 1.30. The average Bonchev–Trinajstić information content (AvgIpc) is 2.84. The van der Waals surface area contributed by atoms with Gasteiger partial charge in [-0.3, -0.25) is 9.69 Å². The molecule has 1 aliphatic rings. The van der Waals surface area contributed by atoms with Crippen molar-refractivity contribution in [2.75, 3.05) is 26.2 Å². The molecule has 1 amide bonds. The number of piperazine rings is 1. The molecule has 7 heteroatoms. The second kappa shape index (κ2) is 10.8. The Hall–Kier alpha value is -2.60. The first-order chi connectivity index (χ1) is 16.3. The Morgan fingerprint density at radius 2 is 1.62 bits per heavy atom. The zero-order chi connectivity index (χ0) is 24.2. The SMILES string of the molecule is Cc1cc(OCc2ccc(C(=O)N3CCN(Cc4c(F)cccc4Cl)CC3)cc2)cc(C)c1Cl. The summed E-state index contributed by atoms with van der Waals surface area (Å²) >= 11 is 12.4. The number of hydrogen-bond acceptors (Lipinski definition) is 3. The molecule has 0 bridgehead atoms. The third-order valence-corrected chi connectivity index (χ3v) is 7.07. The number of halogens is 3. The van der Waals surface area contributed by atoms with E-state index in [0.717, 1.165) is 27.5 Å². The predicted molar refractivity (Wildman–Crippen MR) is 134 cm³/mol. The van der Waals surface area contributed by atoms with Gasteiger partial charge >= 0.3 is 0 Å². The van der Waals surface area contributed by atoms with Gasteiger partial charge in [0.1, 0.15) is 18.2 Å². The molecule has 0 unspecified atom stereocenters. The van der Waals surface area contributed by atoms with Gasteiger partial charge in [0.2, 0.25) is 0 Å². The van der Waals surface area contributed by atoms with Crippen molar-refractivity contribution in [2.45, 2.75) is 27.0 Å². The van der Waals surface area contributed by atoms with E-state index < -0.39 is 0 Å². The van der Waals surface area contributed by atoms with Gasteiger partial charge in [-0.1, -0.05) is 41.4 Å². The minimum absolute atomic E-state index is 0.00000623. The van der Waals surface area contributed by atoms with Gasteiger partial charge in [-0.2, -0.15) is 0 Å². The van der Waals surface area contributed by atoms with Gasteiger partial charge in [-0.15, -0.1) is 0 Å². The van der Waals surface area contributed by atoms with Crippen molar-refractivity contribution in [3.05, 3.63) is 98.3 Å². The van der Waals surface area contributed by atoms with Crippen LogP contribution in [0.4, 0.5) is 4.39 Å². The molecule has 0 saturated carbocycles. The van der Waals surface area contributed by atoms with Gasteiger partial charge in [-0.05, 0) is 66.9 Å². The Bertz CT molecular complexity index is 1130. The number of amides is 1. The molecule has 178 valence electrons. The van der Waals surface area contributed by atoms with Crippen LogP contribution in [0, 0.1) is 19.7 Å². The number of rotatable bonds is 6. The van der Waals surface area contributed by atoms with Crippen LogP contribution in [0.1, 0.15) is 32.6 Å². The lowest BCUT2D eigenvalue weighted by molar-refractivity contribution is 0.0627. The molecule has 1 aliphatic heterocycles. The molecule has 0 atom stereocenters. The third-order valence-electron chi connectivity index (χ3n) is 6.12. The highest BCUT2D eigenvalue weighted by atomic mass is 35.5. The minimum atomic E-state index is -0.295. The molecule has 0 radical (unpaired) electrons. The summed E-state index contributed by atoms with van der Waals surface area (Å²) in [6, 6.07) is 16.1. The van der Waals surface area contributed by atoms with Crippen molar-refractivity contribution in [1.82, 2.24) is 9.80 Å². The average molecular weight is 501 g/mol. The van der Waals surface area contributed by atoms with Crippen molar-refractivity contribution in [3.63, 3.8) is 0 Å². The van der Waals surface area contributed by atoms with Gasteiger partial charge in [0.05, 0.1) is 0 Å². The lowest BCUT2D eigenvalue weighted by Gasteiger charge is -2.35. The highest BCUT2D eigenvalue weighted by molar-refractivity contribution is 6.32. The van der Waals surface area contributed by atoms with Crippen molar-refractivity contribution < 1.29 is 13.9 Å². The summed E-state index contributed by atoms with van der Waals surface area (Å²) in [7, 11) is 0. The van der Waals surface area contributed by atoms with E-state index in [9.17, 15) is 9.18 Å². The number of carbonyl (C=O) groups excluding carboxylic acids is 1. The van der Waals surface area contributed by atoms with Crippen LogP contribution in [0.3, 0.4) is 0 Å². The van der Waals surface area contributed by atoms with Crippen LogP contribution in [-0.2, 0) is 13.2 Å². The highest BCUT2D eigenvalue weighted by Crippen LogP contribution is 2.26. The Morgan fingerprint density at radius 3 is 2.24 bits per heavy atom. The first kappa shape index (κ1) is 24.5. The van der Waals surface area contributed by atoms with Crippen LogP contribution >= 0.6 is 23.2 Å². The molecular formula is C27H27Cl2FN2O2. The molecule has 0 spiro atoms. The summed E-state index contributed by atoms with van der Waals surface area (Å²) in [5.74, 6) is 0.477. The monoisotopic (exact) mass is 500 g/mol. The molecule has 4 nitrogen and oxygen atoms in total. The number of hydrogen-bond donors (Lipinski definition) is 0. The van der Waals surface area contributed by atoms with Gasteiger partial charge in [-0.25, -0.2) is 4.39 Å². The minimum Gasteiger partial charge on any atom is -0.489 e. The molecule has 1 saturated heterocycles. The van der Waals surface area contributed by atoms with E-state index in [2.05, 4.69) is 4.90 Å². The van der Waals surface area contributed by atoms with Crippen LogP contribution in [0.25, 0.3) is 0 Å².